The first-order valence-electron chi connectivity index (χ1n) is 5.66. The minimum atomic E-state index is -0.313. The smallest absolute Gasteiger partial charge is 0.124 e. The van der Waals surface area contributed by atoms with Crippen LogP contribution in [0.1, 0.15) is 28.4 Å². The highest BCUT2D eigenvalue weighted by molar-refractivity contribution is 7.11. The van der Waals surface area contributed by atoms with E-state index in [1.807, 2.05) is 13.1 Å². The molecule has 1 heterocycles. The van der Waals surface area contributed by atoms with Gasteiger partial charge in [0.25, 0.3) is 0 Å². The summed E-state index contributed by atoms with van der Waals surface area (Å²) in [6.45, 7) is 4.68. The van der Waals surface area contributed by atoms with E-state index in [2.05, 4.69) is 17.2 Å². The van der Waals surface area contributed by atoms with Crippen LogP contribution < -0.4 is 5.32 Å². The van der Waals surface area contributed by atoms with Crippen LogP contribution in [-0.2, 0) is 6.54 Å². The highest BCUT2D eigenvalue weighted by Gasteiger charge is 2.10. The van der Waals surface area contributed by atoms with Crippen molar-refractivity contribution in [3.05, 3.63) is 50.7 Å². The third-order valence-corrected chi connectivity index (χ3v) is 4.07. The van der Waals surface area contributed by atoms with E-state index in [0.717, 1.165) is 10.6 Å². The molecule has 96 valence electrons. The molecule has 1 unspecified atom stereocenters. The molecule has 18 heavy (non-hydrogen) atoms. The standard InChI is InChI=1S/C13H14ClFN2S/c1-8-6-17-13(18-8)9(2)16-7-10-3-4-11(15)5-12(10)14/h3-6,9,16H,7H2,1-2H3. The first kappa shape index (κ1) is 13.5. The SMILES string of the molecule is Cc1cnc(C(C)NCc2ccc(F)cc2Cl)s1. The number of thiazole rings is 1. The fourth-order valence-electron chi connectivity index (χ4n) is 1.59. The molecule has 2 rings (SSSR count). The molecular weight excluding hydrogens is 271 g/mol. The molecule has 1 aromatic carbocycles. The third-order valence-electron chi connectivity index (χ3n) is 2.62. The molecule has 1 atom stereocenters. The first-order valence-corrected chi connectivity index (χ1v) is 6.85. The molecule has 0 aliphatic rings. The summed E-state index contributed by atoms with van der Waals surface area (Å²) >= 11 is 7.64. The van der Waals surface area contributed by atoms with Gasteiger partial charge in [0.1, 0.15) is 10.8 Å². The van der Waals surface area contributed by atoms with Gasteiger partial charge >= 0.3 is 0 Å². The van der Waals surface area contributed by atoms with Gasteiger partial charge in [0.2, 0.25) is 0 Å². The Hall–Kier alpha value is -0.970. The van der Waals surface area contributed by atoms with Gasteiger partial charge in [0, 0.05) is 22.6 Å². The van der Waals surface area contributed by atoms with E-state index in [4.69, 9.17) is 11.6 Å². The second-order valence-corrected chi connectivity index (χ2v) is 5.82. The monoisotopic (exact) mass is 284 g/mol. The lowest BCUT2D eigenvalue weighted by molar-refractivity contribution is 0.570. The van der Waals surface area contributed by atoms with Gasteiger partial charge in [0.05, 0.1) is 6.04 Å². The van der Waals surface area contributed by atoms with Crippen molar-refractivity contribution in [3.8, 4) is 0 Å². The number of rotatable bonds is 4. The van der Waals surface area contributed by atoms with E-state index in [9.17, 15) is 4.39 Å². The number of aromatic nitrogens is 1. The molecule has 2 aromatic rings. The molecule has 5 heteroatoms. The predicted octanol–water partition coefficient (Wildman–Crippen LogP) is 4.09. The molecule has 0 spiro atoms. The Morgan fingerprint density at radius 2 is 2.28 bits per heavy atom. The lowest BCUT2D eigenvalue weighted by Gasteiger charge is -2.12. The Kier molecular flexibility index (Phi) is 4.32. The maximum absolute atomic E-state index is 12.9. The highest BCUT2D eigenvalue weighted by Crippen LogP contribution is 2.21. The molecule has 1 N–H and O–H groups in total. The molecule has 0 bridgehead atoms. The predicted molar refractivity (Wildman–Crippen MR) is 73.5 cm³/mol. The zero-order valence-corrected chi connectivity index (χ0v) is 11.8. The van der Waals surface area contributed by atoms with Gasteiger partial charge in [-0.15, -0.1) is 11.3 Å². The zero-order valence-electron chi connectivity index (χ0n) is 10.2. The van der Waals surface area contributed by atoms with Crippen LogP contribution in [-0.4, -0.2) is 4.98 Å². The highest BCUT2D eigenvalue weighted by atomic mass is 35.5. The molecule has 2 nitrogen and oxygen atoms in total. The minimum Gasteiger partial charge on any atom is -0.304 e. The molecule has 0 aliphatic heterocycles. The van der Waals surface area contributed by atoms with E-state index in [1.165, 1.54) is 17.0 Å². The summed E-state index contributed by atoms with van der Waals surface area (Å²) in [5, 5.41) is 4.83. The normalized spacial score (nSPS) is 12.7. The summed E-state index contributed by atoms with van der Waals surface area (Å²) in [6.07, 6.45) is 1.86. The molecular formula is C13H14ClFN2S. The number of nitrogens with zero attached hydrogens (tertiary/aromatic N) is 1. The second kappa shape index (κ2) is 5.78. The van der Waals surface area contributed by atoms with Crippen molar-refractivity contribution in [1.82, 2.24) is 10.3 Å². The van der Waals surface area contributed by atoms with Gasteiger partial charge < -0.3 is 5.32 Å². The summed E-state index contributed by atoms with van der Waals surface area (Å²) in [6, 6.07) is 4.60. The number of hydrogen-bond acceptors (Lipinski definition) is 3. The summed E-state index contributed by atoms with van der Waals surface area (Å²) in [5.74, 6) is -0.313. The van der Waals surface area contributed by atoms with Gasteiger partial charge in [-0.1, -0.05) is 17.7 Å². The van der Waals surface area contributed by atoms with E-state index >= 15 is 0 Å². The average molecular weight is 285 g/mol. The van der Waals surface area contributed by atoms with Crippen LogP contribution in [0.4, 0.5) is 4.39 Å². The van der Waals surface area contributed by atoms with Crippen molar-refractivity contribution in [3.63, 3.8) is 0 Å². The number of benzene rings is 1. The fraction of sp³-hybridized carbons (Fsp3) is 0.308. The lowest BCUT2D eigenvalue weighted by Crippen LogP contribution is -2.18. The summed E-state index contributed by atoms with van der Waals surface area (Å²) in [4.78, 5) is 5.52. The second-order valence-electron chi connectivity index (χ2n) is 4.15. The Labute approximate surface area is 115 Å². The van der Waals surface area contributed by atoms with E-state index in [-0.39, 0.29) is 11.9 Å². The van der Waals surface area contributed by atoms with Crippen molar-refractivity contribution < 1.29 is 4.39 Å². The Balaban J connectivity index is 1.99. The maximum Gasteiger partial charge on any atom is 0.124 e. The van der Waals surface area contributed by atoms with E-state index in [1.54, 1.807) is 17.4 Å². The van der Waals surface area contributed by atoms with Gasteiger partial charge in [-0.2, -0.15) is 0 Å². The zero-order chi connectivity index (χ0) is 13.1. The van der Waals surface area contributed by atoms with Crippen molar-refractivity contribution >= 4 is 22.9 Å². The van der Waals surface area contributed by atoms with E-state index in [0.29, 0.717) is 11.6 Å². The largest absolute Gasteiger partial charge is 0.304 e. The maximum atomic E-state index is 12.9. The van der Waals surface area contributed by atoms with Crippen LogP contribution in [0.15, 0.2) is 24.4 Å². The van der Waals surface area contributed by atoms with Crippen LogP contribution in [0, 0.1) is 12.7 Å². The molecule has 1 aromatic heterocycles. The van der Waals surface area contributed by atoms with E-state index < -0.39 is 0 Å². The summed E-state index contributed by atoms with van der Waals surface area (Å²) < 4.78 is 12.9. The molecule has 0 radical (unpaired) electrons. The third kappa shape index (κ3) is 3.28. The van der Waals surface area contributed by atoms with Crippen LogP contribution in [0.3, 0.4) is 0 Å². The van der Waals surface area contributed by atoms with Crippen molar-refractivity contribution in [2.24, 2.45) is 0 Å². The molecule has 0 saturated heterocycles. The number of halogens is 2. The van der Waals surface area contributed by atoms with Gasteiger partial charge in [-0.05, 0) is 31.5 Å². The topological polar surface area (TPSA) is 24.9 Å². The van der Waals surface area contributed by atoms with Crippen molar-refractivity contribution in [1.29, 1.82) is 0 Å². The quantitative estimate of drug-likeness (QED) is 0.914. The molecule has 0 aliphatic carbocycles. The molecule has 0 saturated carbocycles. The number of hydrogen-bond donors (Lipinski definition) is 1. The van der Waals surface area contributed by atoms with Gasteiger partial charge in [-0.3, -0.25) is 0 Å². The van der Waals surface area contributed by atoms with Crippen LogP contribution >= 0.6 is 22.9 Å². The summed E-state index contributed by atoms with van der Waals surface area (Å²) in [7, 11) is 0. The van der Waals surface area contributed by atoms with Crippen LogP contribution in [0.2, 0.25) is 5.02 Å². The van der Waals surface area contributed by atoms with Crippen molar-refractivity contribution in [2.45, 2.75) is 26.4 Å². The van der Waals surface area contributed by atoms with Gasteiger partial charge in [0.15, 0.2) is 0 Å². The Morgan fingerprint density at radius 3 is 2.89 bits per heavy atom. The van der Waals surface area contributed by atoms with Gasteiger partial charge in [-0.25, -0.2) is 9.37 Å². The number of aryl methyl sites for hydroxylation is 1. The Bertz CT molecular complexity index is 542. The Morgan fingerprint density at radius 1 is 1.50 bits per heavy atom. The lowest BCUT2D eigenvalue weighted by atomic mass is 10.2. The first-order chi connectivity index (χ1) is 8.56. The number of nitrogens with one attached hydrogen (secondary N) is 1. The van der Waals surface area contributed by atoms with Crippen molar-refractivity contribution in [2.75, 3.05) is 0 Å². The molecule has 0 amide bonds. The molecule has 0 fully saturated rings. The summed E-state index contributed by atoms with van der Waals surface area (Å²) in [5.41, 5.74) is 0.887. The average Bonchev–Trinajstić information content (AvgIpc) is 2.74. The minimum absolute atomic E-state index is 0.157. The van der Waals surface area contributed by atoms with Crippen LogP contribution in [0.5, 0.6) is 0 Å². The fourth-order valence-corrected chi connectivity index (χ4v) is 2.62. The van der Waals surface area contributed by atoms with Crippen LogP contribution in [0.25, 0.3) is 0 Å².